The fourth-order valence-corrected chi connectivity index (χ4v) is 1.99. The van der Waals surface area contributed by atoms with Gasteiger partial charge in [0.05, 0.1) is 0 Å². The highest BCUT2D eigenvalue weighted by molar-refractivity contribution is 5.87. The van der Waals surface area contributed by atoms with Gasteiger partial charge in [-0.3, -0.25) is 9.59 Å². The molecule has 1 saturated heterocycles. The van der Waals surface area contributed by atoms with E-state index in [0.29, 0.717) is 19.5 Å². The Morgan fingerprint density at radius 2 is 2.12 bits per heavy atom. The van der Waals surface area contributed by atoms with E-state index >= 15 is 0 Å². The van der Waals surface area contributed by atoms with Crippen molar-refractivity contribution in [1.82, 2.24) is 15.1 Å². The molecule has 0 aromatic rings. The molecule has 0 aliphatic carbocycles. The van der Waals surface area contributed by atoms with Crippen molar-refractivity contribution in [3.8, 4) is 0 Å². The molecule has 1 heterocycles. The molecule has 0 saturated carbocycles. The Balaban J connectivity index is 2.65. The molecule has 5 nitrogen and oxygen atoms in total. The van der Waals surface area contributed by atoms with Crippen LogP contribution >= 0.6 is 0 Å². The van der Waals surface area contributed by atoms with E-state index < -0.39 is 0 Å². The van der Waals surface area contributed by atoms with E-state index in [1.54, 1.807) is 23.9 Å². The number of nitrogens with one attached hydrogen (secondary N) is 1. The predicted molar refractivity (Wildman–Crippen MR) is 66.6 cm³/mol. The SMILES string of the molecule is CCCCC(=O)N1CCNCC1C(=O)N(C)C. The zero-order valence-electron chi connectivity index (χ0n) is 11.0. The van der Waals surface area contributed by atoms with E-state index in [2.05, 4.69) is 12.2 Å². The van der Waals surface area contributed by atoms with Crippen LogP contribution in [0.4, 0.5) is 0 Å². The number of nitrogens with zero attached hydrogens (tertiary/aromatic N) is 2. The van der Waals surface area contributed by atoms with Gasteiger partial charge >= 0.3 is 0 Å². The van der Waals surface area contributed by atoms with Crippen LogP contribution in [0.15, 0.2) is 0 Å². The molecule has 1 unspecified atom stereocenters. The lowest BCUT2D eigenvalue weighted by molar-refractivity contribution is -0.145. The van der Waals surface area contributed by atoms with Gasteiger partial charge in [0.1, 0.15) is 6.04 Å². The number of rotatable bonds is 4. The number of hydrogen-bond acceptors (Lipinski definition) is 3. The molecule has 1 fully saturated rings. The molecule has 1 atom stereocenters. The highest BCUT2D eigenvalue weighted by atomic mass is 16.2. The van der Waals surface area contributed by atoms with Crippen molar-refractivity contribution in [3.05, 3.63) is 0 Å². The largest absolute Gasteiger partial charge is 0.347 e. The highest BCUT2D eigenvalue weighted by Crippen LogP contribution is 2.10. The standard InChI is InChI=1S/C12H23N3O2/c1-4-5-6-11(16)15-8-7-13-9-10(15)12(17)14(2)3/h10,13H,4-9H2,1-3H3. The van der Waals surface area contributed by atoms with Crippen molar-refractivity contribution in [1.29, 1.82) is 0 Å². The maximum absolute atomic E-state index is 12.0. The lowest BCUT2D eigenvalue weighted by Gasteiger charge is -2.36. The molecule has 0 bridgehead atoms. The maximum Gasteiger partial charge on any atom is 0.246 e. The van der Waals surface area contributed by atoms with E-state index in [0.717, 1.165) is 19.4 Å². The summed E-state index contributed by atoms with van der Waals surface area (Å²) in [5.74, 6) is 0.107. The van der Waals surface area contributed by atoms with Gasteiger partial charge in [0, 0.05) is 40.2 Å². The van der Waals surface area contributed by atoms with E-state index in [1.807, 2.05) is 0 Å². The second-order valence-electron chi connectivity index (χ2n) is 4.64. The van der Waals surface area contributed by atoms with Gasteiger partial charge in [-0.2, -0.15) is 0 Å². The van der Waals surface area contributed by atoms with Crippen LogP contribution in [0.3, 0.4) is 0 Å². The van der Waals surface area contributed by atoms with Gasteiger partial charge < -0.3 is 15.1 Å². The molecule has 2 amide bonds. The third-order valence-corrected chi connectivity index (χ3v) is 3.03. The van der Waals surface area contributed by atoms with Crippen LogP contribution in [-0.4, -0.2) is 61.4 Å². The third-order valence-electron chi connectivity index (χ3n) is 3.03. The van der Waals surface area contributed by atoms with Gasteiger partial charge in [0.15, 0.2) is 0 Å². The molecule has 17 heavy (non-hydrogen) atoms. The van der Waals surface area contributed by atoms with E-state index in [4.69, 9.17) is 0 Å². The zero-order valence-corrected chi connectivity index (χ0v) is 11.0. The molecule has 1 aliphatic heterocycles. The Morgan fingerprint density at radius 3 is 2.71 bits per heavy atom. The van der Waals surface area contributed by atoms with Gasteiger partial charge in [0.25, 0.3) is 0 Å². The molecule has 5 heteroatoms. The molecule has 1 N–H and O–H groups in total. The van der Waals surface area contributed by atoms with Crippen LogP contribution in [-0.2, 0) is 9.59 Å². The summed E-state index contributed by atoms with van der Waals surface area (Å²) in [5.41, 5.74) is 0. The molecule has 98 valence electrons. The molecular weight excluding hydrogens is 218 g/mol. The summed E-state index contributed by atoms with van der Waals surface area (Å²) in [5, 5.41) is 3.17. The summed E-state index contributed by atoms with van der Waals surface area (Å²) in [6, 6.07) is -0.330. The third kappa shape index (κ3) is 3.70. The maximum atomic E-state index is 12.0. The Hall–Kier alpha value is -1.10. The average molecular weight is 241 g/mol. The fraction of sp³-hybridized carbons (Fsp3) is 0.833. The van der Waals surface area contributed by atoms with Crippen molar-refractivity contribution in [3.63, 3.8) is 0 Å². The zero-order chi connectivity index (χ0) is 12.8. The Morgan fingerprint density at radius 1 is 1.41 bits per heavy atom. The van der Waals surface area contributed by atoms with Crippen molar-refractivity contribution in [2.45, 2.75) is 32.2 Å². The van der Waals surface area contributed by atoms with Gasteiger partial charge in [-0.1, -0.05) is 13.3 Å². The molecule has 1 aliphatic rings. The van der Waals surface area contributed by atoms with Crippen LogP contribution in [0.5, 0.6) is 0 Å². The number of hydrogen-bond donors (Lipinski definition) is 1. The van der Waals surface area contributed by atoms with Crippen molar-refractivity contribution < 1.29 is 9.59 Å². The number of piperazine rings is 1. The van der Waals surface area contributed by atoms with Crippen LogP contribution < -0.4 is 5.32 Å². The molecule has 0 aromatic carbocycles. The second kappa shape index (κ2) is 6.59. The lowest BCUT2D eigenvalue weighted by Crippen LogP contribution is -2.59. The average Bonchev–Trinajstić information content (AvgIpc) is 2.34. The Labute approximate surface area is 103 Å². The van der Waals surface area contributed by atoms with Gasteiger partial charge in [0.2, 0.25) is 11.8 Å². The van der Waals surface area contributed by atoms with E-state index in [9.17, 15) is 9.59 Å². The first-order valence-corrected chi connectivity index (χ1v) is 6.29. The van der Waals surface area contributed by atoms with Crippen LogP contribution in [0.2, 0.25) is 0 Å². The van der Waals surface area contributed by atoms with E-state index in [-0.39, 0.29) is 17.9 Å². The minimum Gasteiger partial charge on any atom is -0.347 e. The second-order valence-corrected chi connectivity index (χ2v) is 4.64. The first-order chi connectivity index (χ1) is 8.07. The first kappa shape index (κ1) is 14.0. The van der Waals surface area contributed by atoms with Crippen molar-refractivity contribution in [2.24, 2.45) is 0 Å². The van der Waals surface area contributed by atoms with Gasteiger partial charge in [-0.05, 0) is 6.42 Å². The predicted octanol–water partition coefficient (Wildman–Crippen LogP) is 0.0652. The van der Waals surface area contributed by atoms with Crippen molar-refractivity contribution >= 4 is 11.8 Å². The highest BCUT2D eigenvalue weighted by Gasteiger charge is 2.32. The van der Waals surface area contributed by atoms with E-state index in [1.165, 1.54) is 0 Å². The normalized spacial score (nSPS) is 20.2. The summed E-state index contributed by atoms with van der Waals surface area (Å²) in [7, 11) is 3.46. The minimum atomic E-state index is -0.330. The first-order valence-electron chi connectivity index (χ1n) is 6.29. The molecular formula is C12H23N3O2. The van der Waals surface area contributed by atoms with Crippen LogP contribution in [0.1, 0.15) is 26.2 Å². The molecule has 0 radical (unpaired) electrons. The summed E-state index contributed by atoms with van der Waals surface area (Å²) in [6.07, 6.45) is 2.45. The number of amides is 2. The fourth-order valence-electron chi connectivity index (χ4n) is 1.99. The van der Waals surface area contributed by atoms with Crippen LogP contribution in [0.25, 0.3) is 0 Å². The summed E-state index contributed by atoms with van der Waals surface area (Å²) >= 11 is 0. The minimum absolute atomic E-state index is 0.00190. The summed E-state index contributed by atoms with van der Waals surface area (Å²) in [4.78, 5) is 27.3. The number of carbonyl (C=O) groups excluding carboxylic acids is 2. The molecule has 0 spiro atoms. The Bertz CT molecular complexity index is 279. The molecule has 1 rings (SSSR count). The molecule has 0 aromatic heterocycles. The van der Waals surface area contributed by atoms with Gasteiger partial charge in [-0.25, -0.2) is 0 Å². The van der Waals surface area contributed by atoms with Crippen LogP contribution in [0, 0.1) is 0 Å². The number of unbranched alkanes of at least 4 members (excludes halogenated alkanes) is 1. The van der Waals surface area contributed by atoms with Gasteiger partial charge in [-0.15, -0.1) is 0 Å². The lowest BCUT2D eigenvalue weighted by atomic mass is 10.1. The summed E-state index contributed by atoms with van der Waals surface area (Å²) < 4.78 is 0. The van der Waals surface area contributed by atoms with Crippen molar-refractivity contribution in [2.75, 3.05) is 33.7 Å². The quantitative estimate of drug-likeness (QED) is 0.757. The topological polar surface area (TPSA) is 52.7 Å². The number of likely N-dealkylation sites (N-methyl/N-ethyl adjacent to an activating group) is 1. The Kier molecular flexibility index (Phi) is 5.41. The number of carbonyl (C=O) groups is 2. The summed E-state index contributed by atoms with van der Waals surface area (Å²) in [6.45, 7) is 4.03. The smallest absolute Gasteiger partial charge is 0.246 e. The monoisotopic (exact) mass is 241 g/mol.